The van der Waals surface area contributed by atoms with Gasteiger partial charge in [-0.25, -0.2) is 0 Å². The number of ether oxygens (including phenoxy) is 1. The van der Waals surface area contributed by atoms with Crippen LogP contribution >= 0.6 is 0 Å². The highest BCUT2D eigenvalue weighted by Gasteiger charge is 2.21. The third kappa shape index (κ3) is 2.93. The predicted molar refractivity (Wildman–Crippen MR) is 89.6 cm³/mol. The minimum Gasteiger partial charge on any atom is -0.489 e. The van der Waals surface area contributed by atoms with Crippen LogP contribution in [0, 0.1) is 0 Å². The van der Waals surface area contributed by atoms with Gasteiger partial charge in [-0.05, 0) is 31.0 Å². The number of benzene rings is 1. The van der Waals surface area contributed by atoms with Crippen molar-refractivity contribution in [1.29, 1.82) is 0 Å². The third-order valence-electron chi connectivity index (χ3n) is 4.65. The lowest BCUT2D eigenvalue weighted by molar-refractivity contribution is 0.307. The van der Waals surface area contributed by atoms with Gasteiger partial charge in [0, 0.05) is 17.7 Å². The molecule has 0 aliphatic heterocycles. The van der Waals surface area contributed by atoms with Crippen LogP contribution in [0.5, 0.6) is 5.75 Å². The summed E-state index contributed by atoms with van der Waals surface area (Å²) < 4.78 is 8.03. The fourth-order valence-corrected chi connectivity index (χ4v) is 3.42. The molecular formula is C19H21N3O. The van der Waals surface area contributed by atoms with Crippen molar-refractivity contribution in [3.63, 3.8) is 0 Å². The number of nitrogens with zero attached hydrogens (tertiary/aromatic N) is 3. The van der Waals surface area contributed by atoms with E-state index in [0.717, 1.165) is 22.8 Å². The molecule has 0 unspecified atom stereocenters. The highest BCUT2D eigenvalue weighted by atomic mass is 16.5. The van der Waals surface area contributed by atoms with Crippen LogP contribution in [0.4, 0.5) is 0 Å². The molecule has 2 heterocycles. The molecule has 1 aliphatic carbocycles. The van der Waals surface area contributed by atoms with E-state index in [1.54, 1.807) is 0 Å². The zero-order valence-electron chi connectivity index (χ0n) is 13.2. The summed E-state index contributed by atoms with van der Waals surface area (Å²) >= 11 is 0. The molecule has 23 heavy (non-hydrogen) atoms. The molecule has 4 heteroatoms. The number of hydrogen-bond acceptors (Lipinski definition) is 3. The molecule has 118 valence electrons. The second-order valence-corrected chi connectivity index (χ2v) is 6.22. The van der Waals surface area contributed by atoms with E-state index in [1.165, 1.54) is 32.1 Å². The Morgan fingerprint density at radius 3 is 2.61 bits per heavy atom. The molecule has 0 spiro atoms. The van der Waals surface area contributed by atoms with Gasteiger partial charge in [0.1, 0.15) is 18.2 Å². The summed E-state index contributed by atoms with van der Waals surface area (Å²) in [6, 6.07) is 14.0. The lowest BCUT2D eigenvalue weighted by Crippen LogP contribution is -2.09. The van der Waals surface area contributed by atoms with Gasteiger partial charge >= 0.3 is 0 Å². The molecule has 0 bridgehead atoms. The van der Waals surface area contributed by atoms with E-state index in [-0.39, 0.29) is 0 Å². The van der Waals surface area contributed by atoms with Crippen molar-refractivity contribution in [1.82, 2.24) is 14.6 Å². The lowest BCUT2D eigenvalue weighted by atomic mass is 9.89. The third-order valence-corrected chi connectivity index (χ3v) is 4.65. The Bertz CT molecular complexity index is 776. The van der Waals surface area contributed by atoms with Crippen LogP contribution in [-0.2, 0) is 6.61 Å². The number of pyridine rings is 1. The average molecular weight is 307 g/mol. The number of aromatic nitrogens is 3. The first kappa shape index (κ1) is 14.2. The normalized spacial score (nSPS) is 15.8. The Morgan fingerprint density at radius 1 is 0.957 bits per heavy atom. The Labute approximate surface area is 136 Å². The van der Waals surface area contributed by atoms with E-state index in [9.17, 15) is 0 Å². The highest BCUT2D eigenvalue weighted by Crippen LogP contribution is 2.32. The van der Waals surface area contributed by atoms with Crippen molar-refractivity contribution in [3.05, 3.63) is 60.0 Å². The molecule has 3 aromatic rings. The zero-order valence-corrected chi connectivity index (χ0v) is 13.2. The number of rotatable bonds is 4. The molecular weight excluding hydrogens is 286 g/mol. The quantitative estimate of drug-likeness (QED) is 0.719. The maximum absolute atomic E-state index is 5.87. The summed E-state index contributed by atoms with van der Waals surface area (Å²) in [7, 11) is 0. The van der Waals surface area contributed by atoms with Crippen molar-refractivity contribution in [3.8, 4) is 5.75 Å². The van der Waals surface area contributed by atoms with Gasteiger partial charge in [-0.2, -0.15) is 0 Å². The van der Waals surface area contributed by atoms with Gasteiger partial charge in [-0.15, -0.1) is 10.2 Å². The van der Waals surface area contributed by atoms with E-state index in [0.29, 0.717) is 12.5 Å². The Kier molecular flexibility index (Phi) is 3.97. The van der Waals surface area contributed by atoms with E-state index in [1.807, 2.05) is 30.3 Å². The van der Waals surface area contributed by atoms with Crippen molar-refractivity contribution in [2.45, 2.75) is 44.6 Å². The highest BCUT2D eigenvalue weighted by molar-refractivity contribution is 5.47. The molecule has 2 aromatic heterocycles. The van der Waals surface area contributed by atoms with Gasteiger partial charge < -0.3 is 4.74 Å². The minimum absolute atomic E-state index is 0.511. The monoisotopic (exact) mass is 307 g/mol. The maximum Gasteiger partial charge on any atom is 0.167 e. The summed E-state index contributed by atoms with van der Waals surface area (Å²) in [6.07, 6.45) is 8.48. The smallest absolute Gasteiger partial charge is 0.167 e. The van der Waals surface area contributed by atoms with Crippen molar-refractivity contribution in [2.24, 2.45) is 0 Å². The average Bonchev–Trinajstić information content (AvgIpc) is 3.06. The molecule has 4 rings (SSSR count). The standard InChI is InChI=1S/C19H21N3O/c1-3-8-15(9-4-1)18-20-21-19-16(10-7-13-22(18)19)14-23-17-11-5-2-6-12-17/h2,5-7,10-13,15H,1,3-4,8-9,14H2. The van der Waals surface area contributed by atoms with Crippen molar-refractivity contribution >= 4 is 5.65 Å². The van der Waals surface area contributed by atoms with Crippen LogP contribution in [0.3, 0.4) is 0 Å². The lowest BCUT2D eigenvalue weighted by Gasteiger charge is -2.19. The molecule has 1 fully saturated rings. The molecule has 1 aliphatic rings. The molecule has 0 atom stereocenters. The molecule has 4 nitrogen and oxygen atoms in total. The SMILES string of the molecule is c1ccc(OCc2cccn3c(C4CCCCC4)nnc23)cc1. The van der Waals surface area contributed by atoms with E-state index in [2.05, 4.69) is 32.9 Å². The Hall–Kier alpha value is -2.36. The van der Waals surface area contributed by atoms with E-state index in [4.69, 9.17) is 4.74 Å². The number of para-hydroxylation sites is 1. The molecule has 1 saturated carbocycles. The van der Waals surface area contributed by atoms with Crippen LogP contribution < -0.4 is 4.74 Å². The molecule has 0 N–H and O–H groups in total. The fourth-order valence-electron chi connectivity index (χ4n) is 3.42. The van der Waals surface area contributed by atoms with Crippen molar-refractivity contribution < 1.29 is 4.74 Å². The second-order valence-electron chi connectivity index (χ2n) is 6.22. The zero-order chi connectivity index (χ0) is 15.5. The van der Waals surface area contributed by atoms with Gasteiger partial charge in [-0.1, -0.05) is 43.5 Å². The Morgan fingerprint density at radius 2 is 1.78 bits per heavy atom. The van der Waals surface area contributed by atoms with Gasteiger partial charge in [0.05, 0.1) is 0 Å². The predicted octanol–water partition coefficient (Wildman–Crippen LogP) is 4.36. The first-order valence-electron chi connectivity index (χ1n) is 8.42. The molecule has 0 radical (unpaired) electrons. The van der Waals surface area contributed by atoms with Crippen LogP contribution in [-0.4, -0.2) is 14.6 Å². The number of hydrogen-bond donors (Lipinski definition) is 0. The topological polar surface area (TPSA) is 39.4 Å². The van der Waals surface area contributed by atoms with Crippen LogP contribution in [0.1, 0.15) is 49.4 Å². The van der Waals surface area contributed by atoms with E-state index < -0.39 is 0 Å². The second kappa shape index (κ2) is 6.41. The summed E-state index contributed by atoms with van der Waals surface area (Å²) in [6.45, 7) is 0.511. The first-order chi connectivity index (χ1) is 11.4. The van der Waals surface area contributed by atoms with Gasteiger partial charge in [0.2, 0.25) is 0 Å². The first-order valence-corrected chi connectivity index (χ1v) is 8.42. The summed E-state index contributed by atoms with van der Waals surface area (Å²) in [5, 5.41) is 8.93. The summed E-state index contributed by atoms with van der Waals surface area (Å²) in [4.78, 5) is 0. The summed E-state index contributed by atoms with van der Waals surface area (Å²) in [5.41, 5.74) is 2.00. The largest absolute Gasteiger partial charge is 0.489 e. The molecule has 1 aromatic carbocycles. The van der Waals surface area contributed by atoms with Crippen LogP contribution in [0.2, 0.25) is 0 Å². The van der Waals surface area contributed by atoms with Gasteiger partial charge in [-0.3, -0.25) is 4.40 Å². The fraction of sp³-hybridized carbons (Fsp3) is 0.368. The Balaban J connectivity index is 1.59. The molecule has 0 saturated heterocycles. The van der Waals surface area contributed by atoms with E-state index >= 15 is 0 Å². The van der Waals surface area contributed by atoms with Crippen LogP contribution in [0.15, 0.2) is 48.7 Å². The number of fused-ring (bicyclic) bond motifs is 1. The van der Waals surface area contributed by atoms with Crippen molar-refractivity contribution in [2.75, 3.05) is 0 Å². The van der Waals surface area contributed by atoms with Crippen LogP contribution in [0.25, 0.3) is 5.65 Å². The summed E-state index contributed by atoms with van der Waals surface area (Å²) in [5.74, 6) is 2.53. The molecule has 0 amide bonds. The van der Waals surface area contributed by atoms with Gasteiger partial charge in [0.25, 0.3) is 0 Å². The van der Waals surface area contributed by atoms with Gasteiger partial charge in [0.15, 0.2) is 5.65 Å². The maximum atomic E-state index is 5.87. The minimum atomic E-state index is 0.511.